The lowest BCUT2D eigenvalue weighted by molar-refractivity contribution is 0.383. The van der Waals surface area contributed by atoms with Gasteiger partial charge in [-0.2, -0.15) is 0 Å². The molecular weight excluding hydrogens is 287 g/mol. The lowest BCUT2D eigenvalue weighted by Crippen LogP contribution is -2.15. The second-order valence-corrected chi connectivity index (χ2v) is 8.49. The van der Waals surface area contributed by atoms with Gasteiger partial charge in [0.05, 0.1) is 0 Å². The van der Waals surface area contributed by atoms with Gasteiger partial charge in [0.15, 0.2) is 0 Å². The van der Waals surface area contributed by atoms with Gasteiger partial charge in [0.1, 0.15) is 7.28 Å². The third kappa shape index (κ3) is 8.08. The molecule has 24 heavy (non-hydrogen) atoms. The SMILES string of the molecule is C=C([B]C[C@@H]1CC[C@@](C)(C(=C)CCC)C1)CCCCCCCCC. The Hall–Kier alpha value is -0.455. The molecule has 0 aromatic heterocycles. The van der Waals surface area contributed by atoms with Crippen molar-refractivity contribution in [3.63, 3.8) is 0 Å². The van der Waals surface area contributed by atoms with Crippen LogP contribution in [0.2, 0.25) is 6.32 Å². The summed E-state index contributed by atoms with van der Waals surface area (Å²) in [6.07, 6.45) is 18.7. The molecule has 0 amide bonds. The van der Waals surface area contributed by atoms with E-state index in [-0.39, 0.29) is 0 Å². The molecular formula is C23H42B. The molecule has 0 aliphatic heterocycles. The number of hydrogen-bond donors (Lipinski definition) is 0. The molecule has 137 valence electrons. The van der Waals surface area contributed by atoms with E-state index in [0.29, 0.717) is 5.41 Å². The Morgan fingerprint density at radius 3 is 2.29 bits per heavy atom. The minimum absolute atomic E-state index is 0.411. The zero-order valence-electron chi connectivity index (χ0n) is 17.0. The van der Waals surface area contributed by atoms with Crippen molar-refractivity contribution < 1.29 is 0 Å². The summed E-state index contributed by atoms with van der Waals surface area (Å²) < 4.78 is 0. The molecule has 1 aliphatic carbocycles. The molecule has 0 nitrogen and oxygen atoms in total. The Kier molecular flexibility index (Phi) is 10.8. The van der Waals surface area contributed by atoms with Gasteiger partial charge in [0.25, 0.3) is 0 Å². The van der Waals surface area contributed by atoms with Gasteiger partial charge in [-0.15, -0.1) is 12.1 Å². The zero-order chi connectivity index (χ0) is 17.8. The van der Waals surface area contributed by atoms with Crippen molar-refractivity contribution >= 4 is 7.28 Å². The fraction of sp³-hybridized carbons (Fsp3) is 0.826. The Balaban J connectivity index is 2.10. The van der Waals surface area contributed by atoms with Crippen LogP contribution in [0.15, 0.2) is 24.2 Å². The molecule has 0 spiro atoms. The predicted octanol–water partition coefficient (Wildman–Crippen LogP) is 7.93. The lowest BCUT2D eigenvalue weighted by Gasteiger charge is -2.27. The molecule has 1 heteroatoms. The smallest absolute Gasteiger partial charge is 0.116 e. The van der Waals surface area contributed by atoms with E-state index in [1.807, 2.05) is 0 Å². The Bertz CT molecular complexity index is 370. The first-order chi connectivity index (χ1) is 11.5. The molecule has 1 rings (SSSR count). The third-order valence-electron chi connectivity index (χ3n) is 6.09. The summed E-state index contributed by atoms with van der Waals surface area (Å²) in [6, 6.07) is 0. The summed E-state index contributed by atoms with van der Waals surface area (Å²) in [4.78, 5) is 0. The van der Waals surface area contributed by atoms with E-state index in [1.54, 1.807) is 0 Å². The minimum Gasteiger partial charge on any atom is -0.116 e. The van der Waals surface area contributed by atoms with Crippen LogP contribution >= 0.6 is 0 Å². The van der Waals surface area contributed by atoms with E-state index in [1.165, 1.54) is 101 Å². The van der Waals surface area contributed by atoms with Gasteiger partial charge in [0.2, 0.25) is 0 Å². The van der Waals surface area contributed by atoms with Crippen LogP contribution < -0.4 is 0 Å². The Morgan fingerprint density at radius 2 is 1.62 bits per heavy atom. The third-order valence-corrected chi connectivity index (χ3v) is 6.09. The van der Waals surface area contributed by atoms with E-state index in [4.69, 9.17) is 0 Å². The summed E-state index contributed by atoms with van der Waals surface area (Å²) in [6.45, 7) is 15.7. The molecule has 1 aliphatic rings. The highest BCUT2D eigenvalue weighted by Gasteiger charge is 2.36. The highest BCUT2D eigenvalue weighted by atomic mass is 14.4. The standard InChI is InChI=1S/C23H42B/c1-6-8-9-10-11-12-13-15-21(4)24-19-22-16-17-23(5,18-22)20(3)14-7-2/h22H,3-4,6-19H2,1-2,5H3/t22-,23-/m1/s1. The first-order valence-corrected chi connectivity index (χ1v) is 10.7. The molecule has 0 saturated heterocycles. The Morgan fingerprint density at radius 1 is 0.958 bits per heavy atom. The van der Waals surface area contributed by atoms with Crippen LogP contribution in [0, 0.1) is 11.3 Å². The predicted molar refractivity (Wildman–Crippen MR) is 112 cm³/mol. The maximum Gasteiger partial charge on any atom is 0.145 e. The lowest BCUT2D eigenvalue weighted by atomic mass is 9.61. The molecule has 0 N–H and O–H groups in total. The number of rotatable bonds is 14. The average Bonchev–Trinajstić information content (AvgIpc) is 2.95. The summed E-state index contributed by atoms with van der Waals surface area (Å²) in [5.41, 5.74) is 3.29. The molecule has 0 bridgehead atoms. The van der Waals surface area contributed by atoms with E-state index >= 15 is 0 Å². The van der Waals surface area contributed by atoms with Crippen molar-refractivity contribution in [1.29, 1.82) is 0 Å². The second-order valence-electron chi connectivity index (χ2n) is 8.49. The van der Waals surface area contributed by atoms with Crippen LogP contribution in [-0.2, 0) is 0 Å². The second kappa shape index (κ2) is 12.0. The maximum atomic E-state index is 4.38. The normalized spacial score (nSPS) is 23.4. The van der Waals surface area contributed by atoms with Crippen molar-refractivity contribution in [2.75, 3.05) is 0 Å². The van der Waals surface area contributed by atoms with Gasteiger partial charge in [0, 0.05) is 0 Å². The highest BCUT2D eigenvalue weighted by molar-refractivity contribution is 6.45. The van der Waals surface area contributed by atoms with Gasteiger partial charge in [-0.1, -0.05) is 97.0 Å². The van der Waals surface area contributed by atoms with Gasteiger partial charge in [-0.05, 0) is 37.0 Å². The van der Waals surface area contributed by atoms with Crippen LogP contribution in [-0.4, -0.2) is 7.28 Å². The summed E-state index contributed by atoms with van der Waals surface area (Å²) in [5, 5.41) is 0. The van der Waals surface area contributed by atoms with Gasteiger partial charge in [-0.3, -0.25) is 0 Å². The fourth-order valence-electron chi connectivity index (χ4n) is 4.23. The van der Waals surface area contributed by atoms with Crippen LogP contribution in [0.5, 0.6) is 0 Å². The van der Waals surface area contributed by atoms with E-state index in [9.17, 15) is 0 Å². The molecule has 1 fully saturated rings. The molecule has 1 saturated carbocycles. The zero-order valence-corrected chi connectivity index (χ0v) is 17.0. The van der Waals surface area contributed by atoms with E-state index in [0.717, 1.165) is 5.92 Å². The first kappa shape index (κ1) is 21.6. The molecule has 0 aromatic carbocycles. The molecule has 0 aromatic rings. The summed E-state index contributed by atoms with van der Waals surface area (Å²) in [5.74, 6) is 0.856. The Labute approximate surface area is 153 Å². The first-order valence-electron chi connectivity index (χ1n) is 10.7. The van der Waals surface area contributed by atoms with Crippen molar-refractivity contribution in [3.05, 3.63) is 24.2 Å². The van der Waals surface area contributed by atoms with Crippen molar-refractivity contribution in [3.8, 4) is 0 Å². The number of unbranched alkanes of at least 4 members (excludes halogenated alkanes) is 6. The summed E-state index contributed by atoms with van der Waals surface area (Å²) in [7, 11) is 2.44. The van der Waals surface area contributed by atoms with Crippen LogP contribution in [0.25, 0.3) is 0 Å². The van der Waals surface area contributed by atoms with Gasteiger partial charge < -0.3 is 0 Å². The quantitative estimate of drug-likeness (QED) is 0.172. The van der Waals surface area contributed by atoms with Crippen LogP contribution in [0.4, 0.5) is 0 Å². The van der Waals surface area contributed by atoms with Crippen LogP contribution in [0.3, 0.4) is 0 Å². The van der Waals surface area contributed by atoms with E-state index in [2.05, 4.69) is 41.2 Å². The van der Waals surface area contributed by atoms with Crippen molar-refractivity contribution in [1.82, 2.24) is 0 Å². The molecule has 0 unspecified atom stereocenters. The molecule has 1 radical (unpaired) electrons. The highest BCUT2D eigenvalue weighted by Crippen LogP contribution is 2.48. The van der Waals surface area contributed by atoms with Gasteiger partial charge in [-0.25, -0.2) is 0 Å². The molecule has 2 atom stereocenters. The largest absolute Gasteiger partial charge is 0.145 e. The maximum absolute atomic E-state index is 4.38. The van der Waals surface area contributed by atoms with Crippen molar-refractivity contribution in [2.24, 2.45) is 11.3 Å². The van der Waals surface area contributed by atoms with Crippen molar-refractivity contribution in [2.45, 2.75) is 111 Å². The summed E-state index contributed by atoms with van der Waals surface area (Å²) >= 11 is 0. The number of hydrogen-bond acceptors (Lipinski definition) is 0. The monoisotopic (exact) mass is 329 g/mol. The topological polar surface area (TPSA) is 0 Å². The fourth-order valence-corrected chi connectivity index (χ4v) is 4.23. The van der Waals surface area contributed by atoms with Crippen LogP contribution in [0.1, 0.15) is 104 Å². The minimum atomic E-state index is 0.411. The number of allylic oxidation sites excluding steroid dienone is 2. The van der Waals surface area contributed by atoms with Gasteiger partial charge >= 0.3 is 0 Å². The average molecular weight is 329 g/mol. The van der Waals surface area contributed by atoms with E-state index < -0.39 is 0 Å². The molecule has 0 heterocycles.